The van der Waals surface area contributed by atoms with Crippen molar-refractivity contribution in [3.63, 3.8) is 0 Å². The molecule has 23 heavy (non-hydrogen) atoms. The molecule has 0 aliphatic carbocycles. The van der Waals surface area contributed by atoms with E-state index in [1.165, 1.54) is 6.08 Å². The summed E-state index contributed by atoms with van der Waals surface area (Å²) >= 11 is 0. The Balaban J connectivity index is 2.02. The number of hydrogen-bond acceptors (Lipinski definition) is 4. The smallest absolute Gasteiger partial charge is 0.410 e. The third-order valence-corrected chi connectivity index (χ3v) is 4.67. The zero-order valence-corrected chi connectivity index (χ0v) is 14.8. The summed E-state index contributed by atoms with van der Waals surface area (Å²) in [4.78, 5) is 27.7. The Hall–Kier alpha value is -1.56. The number of carbonyl (C=O) groups is 2. The zero-order chi connectivity index (χ0) is 17.4. The second-order valence-electron chi connectivity index (χ2n) is 7.37. The predicted molar refractivity (Wildman–Crippen MR) is 86.8 cm³/mol. The van der Waals surface area contributed by atoms with Crippen molar-refractivity contribution in [3.05, 3.63) is 12.7 Å². The van der Waals surface area contributed by atoms with Crippen molar-refractivity contribution in [1.29, 1.82) is 0 Å². The quantitative estimate of drug-likeness (QED) is 0.696. The third kappa shape index (κ3) is 3.52. The average molecular weight is 324 g/mol. The lowest BCUT2D eigenvalue weighted by Crippen LogP contribution is -2.53. The van der Waals surface area contributed by atoms with Crippen LogP contribution in [0.2, 0.25) is 0 Å². The van der Waals surface area contributed by atoms with E-state index in [2.05, 4.69) is 6.58 Å². The van der Waals surface area contributed by atoms with Crippen LogP contribution < -0.4 is 0 Å². The van der Waals surface area contributed by atoms with E-state index in [0.717, 1.165) is 0 Å². The van der Waals surface area contributed by atoms with Gasteiger partial charge in [0.1, 0.15) is 11.8 Å². The second-order valence-corrected chi connectivity index (χ2v) is 7.37. The van der Waals surface area contributed by atoms with E-state index in [1.807, 2.05) is 34.6 Å². The summed E-state index contributed by atoms with van der Waals surface area (Å²) in [5.74, 6) is -0.114. The summed E-state index contributed by atoms with van der Waals surface area (Å²) in [7, 11) is 0. The lowest BCUT2D eigenvalue weighted by molar-refractivity contribution is -0.132. The van der Waals surface area contributed by atoms with E-state index in [-0.39, 0.29) is 24.3 Å². The van der Waals surface area contributed by atoms with Crippen LogP contribution >= 0.6 is 0 Å². The van der Waals surface area contributed by atoms with Gasteiger partial charge in [0, 0.05) is 13.1 Å². The molecule has 6 heteroatoms. The number of piperidine rings is 1. The fourth-order valence-corrected chi connectivity index (χ4v) is 3.47. The molecule has 0 radical (unpaired) electrons. The Bertz CT molecular complexity index is 489. The lowest BCUT2D eigenvalue weighted by atomic mass is 9.85. The van der Waals surface area contributed by atoms with E-state index < -0.39 is 11.2 Å². The van der Waals surface area contributed by atoms with Crippen LogP contribution in [0.15, 0.2) is 12.7 Å². The van der Waals surface area contributed by atoms with E-state index >= 15 is 0 Å². The predicted octanol–water partition coefficient (Wildman–Crippen LogP) is 2.54. The third-order valence-electron chi connectivity index (χ3n) is 4.67. The summed E-state index contributed by atoms with van der Waals surface area (Å²) in [6.45, 7) is 14.2. The van der Waals surface area contributed by atoms with Crippen LogP contribution in [0.3, 0.4) is 0 Å². The summed E-state index contributed by atoms with van der Waals surface area (Å²) in [5, 5.41) is 0. The first-order valence-electron chi connectivity index (χ1n) is 8.20. The number of likely N-dealkylation sites (tertiary alicyclic amines) is 1. The number of rotatable bonds is 1. The van der Waals surface area contributed by atoms with Gasteiger partial charge in [-0.25, -0.2) is 4.79 Å². The van der Waals surface area contributed by atoms with Crippen molar-refractivity contribution in [2.75, 3.05) is 13.1 Å². The number of carbonyl (C=O) groups excluding carboxylic acids is 2. The molecule has 0 aromatic heterocycles. The molecule has 0 aromatic rings. The standard InChI is InChI=1S/C17H28N2O4/c1-7-14(20)19-12(2)17(22-13(19)3)8-10-18(11-9-17)15(21)23-16(4,5)6/h7,12-13H,1,8-11H2,2-6H3/t12-,13?/m1/s1. The van der Waals surface area contributed by atoms with Gasteiger partial charge in [-0.3, -0.25) is 4.79 Å². The van der Waals surface area contributed by atoms with Crippen molar-refractivity contribution in [2.24, 2.45) is 0 Å². The van der Waals surface area contributed by atoms with Crippen molar-refractivity contribution in [2.45, 2.75) is 70.9 Å². The summed E-state index contributed by atoms with van der Waals surface area (Å²) in [6.07, 6.45) is 2.15. The van der Waals surface area contributed by atoms with E-state index in [4.69, 9.17) is 9.47 Å². The molecule has 2 atom stereocenters. The molecule has 2 rings (SSSR count). The highest BCUT2D eigenvalue weighted by Crippen LogP contribution is 2.40. The average Bonchev–Trinajstić information content (AvgIpc) is 2.68. The number of nitrogens with zero attached hydrogens (tertiary/aromatic N) is 2. The SMILES string of the molecule is C=CC(=O)N1C(C)OC2(CCN(C(=O)OC(C)(C)C)CC2)[C@H]1C. The zero-order valence-electron chi connectivity index (χ0n) is 14.8. The minimum Gasteiger partial charge on any atom is -0.444 e. The maximum absolute atomic E-state index is 12.2. The topological polar surface area (TPSA) is 59.1 Å². The van der Waals surface area contributed by atoms with Crippen LogP contribution in [0.4, 0.5) is 4.79 Å². The molecule has 2 aliphatic heterocycles. The van der Waals surface area contributed by atoms with Crippen molar-refractivity contribution in [3.8, 4) is 0 Å². The molecule has 0 aromatic carbocycles. The Labute approximate surface area is 138 Å². The van der Waals surface area contributed by atoms with Gasteiger partial charge in [0.05, 0.1) is 11.6 Å². The van der Waals surface area contributed by atoms with Crippen LogP contribution in [0.25, 0.3) is 0 Å². The van der Waals surface area contributed by atoms with Gasteiger partial charge in [0.2, 0.25) is 5.91 Å². The first kappa shape index (κ1) is 17.8. The normalized spacial score (nSPS) is 27.2. The largest absolute Gasteiger partial charge is 0.444 e. The summed E-state index contributed by atoms with van der Waals surface area (Å²) < 4.78 is 11.6. The van der Waals surface area contributed by atoms with E-state index in [0.29, 0.717) is 25.9 Å². The van der Waals surface area contributed by atoms with Crippen LogP contribution in [0, 0.1) is 0 Å². The Kier molecular flexibility index (Phi) is 4.76. The maximum Gasteiger partial charge on any atom is 0.410 e. The minimum absolute atomic E-state index is 0.0382. The monoisotopic (exact) mass is 324 g/mol. The molecular weight excluding hydrogens is 296 g/mol. The molecule has 1 spiro atoms. The molecule has 2 heterocycles. The maximum atomic E-state index is 12.2. The highest BCUT2D eigenvalue weighted by atomic mass is 16.6. The van der Waals surface area contributed by atoms with Gasteiger partial charge >= 0.3 is 6.09 Å². The van der Waals surface area contributed by atoms with Crippen LogP contribution in [-0.4, -0.2) is 58.4 Å². The number of amides is 2. The fourth-order valence-electron chi connectivity index (χ4n) is 3.47. The minimum atomic E-state index is -0.495. The highest BCUT2D eigenvalue weighted by molar-refractivity contribution is 5.87. The molecule has 2 aliphatic rings. The fraction of sp³-hybridized carbons (Fsp3) is 0.765. The van der Waals surface area contributed by atoms with Crippen LogP contribution in [0.5, 0.6) is 0 Å². The Morgan fingerprint density at radius 1 is 1.26 bits per heavy atom. The first-order chi connectivity index (χ1) is 10.6. The molecule has 1 unspecified atom stereocenters. The summed E-state index contributed by atoms with van der Waals surface area (Å²) in [5.41, 5.74) is -0.887. The molecule has 0 saturated carbocycles. The van der Waals surface area contributed by atoms with E-state index in [9.17, 15) is 9.59 Å². The molecule has 0 N–H and O–H groups in total. The molecule has 2 saturated heterocycles. The van der Waals surface area contributed by atoms with Gasteiger partial charge < -0.3 is 19.3 Å². The molecule has 6 nitrogen and oxygen atoms in total. The Morgan fingerprint density at radius 3 is 2.30 bits per heavy atom. The molecular formula is C17H28N2O4. The highest BCUT2D eigenvalue weighted by Gasteiger charge is 2.52. The second kappa shape index (κ2) is 6.15. The van der Waals surface area contributed by atoms with Crippen molar-refractivity contribution in [1.82, 2.24) is 9.80 Å². The van der Waals surface area contributed by atoms with Gasteiger partial charge in [-0.15, -0.1) is 0 Å². The summed E-state index contributed by atoms with van der Waals surface area (Å²) in [6, 6.07) is -0.0382. The van der Waals surface area contributed by atoms with Crippen LogP contribution in [0.1, 0.15) is 47.5 Å². The molecule has 0 bridgehead atoms. The number of hydrogen-bond donors (Lipinski definition) is 0. The first-order valence-corrected chi connectivity index (χ1v) is 8.20. The molecule has 130 valence electrons. The van der Waals surface area contributed by atoms with Crippen LogP contribution in [-0.2, 0) is 14.3 Å². The van der Waals surface area contributed by atoms with Gasteiger partial charge in [0.15, 0.2) is 0 Å². The lowest BCUT2D eigenvalue weighted by Gasteiger charge is -2.41. The van der Waals surface area contributed by atoms with E-state index in [1.54, 1.807) is 9.80 Å². The Morgan fingerprint density at radius 2 is 1.83 bits per heavy atom. The van der Waals surface area contributed by atoms with Gasteiger partial charge in [-0.1, -0.05) is 6.58 Å². The van der Waals surface area contributed by atoms with Crippen molar-refractivity contribution < 1.29 is 19.1 Å². The molecule has 2 fully saturated rings. The number of ether oxygens (including phenoxy) is 2. The molecule has 2 amide bonds. The van der Waals surface area contributed by atoms with Gasteiger partial charge in [0.25, 0.3) is 0 Å². The van der Waals surface area contributed by atoms with Gasteiger partial charge in [-0.2, -0.15) is 0 Å². The van der Waals surface area contributed by atoms with Gasteiger partial charge in [-0.05, 0) is 53.5 Å². The van der Waals surface area contributed by atoms with Crippen molar-refractivity contribution >= 4 is 12.0 Å².